The first kappa shape index (κ1) is 19.5. The van der Waals surface area contributed by atoms with Gasteiger partial charge < -0.3 is 20.3 Å². The Hall–Kier alpha value is -0.295. The molecule has 3 N–H and O–H groups in total. The van der Waals surface area contributed by atoms with Crippen molar-refractivity contribution in [3.05, 3.63) is 33.3 Å². The normalized spacial score (nSPS) is 26.7. The van der Waals surface area contributed by atoms with Crippen molar-refractivity contribution in [2.75, 3.05) is 19.6 Å². The molecule has 2 aliphatic rings. The quantitative estimate of drug-likeness (QED) is 0.660. The summed E-state index contributed by atoms with van der Waals surface area (Å²) in [6.45, 7) is 6.37. The van der Waals surface area contributed by atoms with E-state index in [1.54, 1.807) is 0 Å². The molecule has 3 atom stereocenters. The van der Waals surface area contributed by atoms with Crippen LogP contribution in [0.1, 0.15) is 30.9 Å². The second kappa shape index (κ2) is 8.60. The van der Waals surface area contributed by atoms with Gasteiger partial charge in [-0.25, -0.2) is 0 Å². The van der Waals surface area contributed by atoms with Crippen molar-refractivity contribution in [3.63, 3.8) is 0 Å². The molecule has 1 aromatic rings. The van der Waals surface area contributed by atoms with Crippen molar-refractivity contribution in [3.8, 4) is 0 Å². The fraction of sp³-hybridized carbons (Fsp3) is 0.667. The summed E-state index contributed by atoms with van der Waals surface area (Å²) in [4.78, 5) is 2.54. The average Bonchev–Trinajstić information content (AvgIpc) is 2.87. The molecule has 4 nitrogen and oxygen atoms in total. The van der Waals surface area contributed by atoms with Crippen LogP contribution in [0.2, 0.25) is 16.4 Å². The minimum Gasteiger partial charge on any atom is -0.427 e. The summed E-state index contributed by atoms with van der Waals surface area (Å²) in [7, 11) is -1.17. The van der Waals surface area contributed by atoms with Gasteiger partial charge in [-0.3, -0.25) is 0 Å². The molecular formula is C18H27BCl2N2O2. The van der Waals surface area contributed by atoms with Crippen molar-refractivity contribution in [2.45, 2.75) is 45.1 Å². The van der Waals surface area contributed by atoms with Crippen molar-refractivity contribution < 1.29 is 10.0 Å². The Kier molecular flexibility index (Phi) is 6.69. The van der Waals surface area contributed by atoms with E-state index >= 15 is 0 Å². The first-order chi connectivity index (χ1) is 11.9. The largest absolute Gasteiger partial charge is 0.451 e. The van der Waals surface area contributed by atoms with Crippen molar-refractivity contribution in [2.24, 2.45) is 11.8 Å². The molecule has 2 heterocycles. The maximum atomic E-state index is 9.00. The van der Waals surface area contributed by atoms with E-state index in [1.165, 1.54) is 11.1 Å². The fourth-order valence-corrected chi connectivity index (χ4v) is 4.90. The summed E-state index contributed by atoms with van der Waals surface area (Å²) in [5, 5.41) is 23.1. The number of fused-ring (bicyclic) bond motifs is 1. The molecule has 0 spiro atoms. The SMILES string of the molecule is C[C@@H]1CN(CC2Cc3c(Cl)cc(Cl)cc3CN2)C[C@@H]1CCCB(O)O. The zero-order valence-electron chi connectivity index (χ0n) is 14.7. The molecule has 3 rings (SSSR count). The van der Waals surface area contributed by atoms with Gasteiger partial charge in [0.1, 0.15) is 0 Å². The molecule has 2 aliphatic heterocycles. The third kappa shape index (κ3) is 5.12. The van der Waals surface area contributed by atoms with Crippen LogP contribution in [0.25, 0.3) is 0 Å². The monoisotopic (exact) mass is 384 g/mol. The molecule has 0 aromatic heterocycles. The van der Waals surface area contributed by atoms with Gasteiger partial charge in [0, 0.05) is 42.3 Å². The summed E-state index contributed by atoms with van der Waals surface area (Å²) in [6, 6.07) is 4.26. The number of rotatable bonds is 6. The van der Waals surface area contributed by atoms with Crippen LogP contribution in [-0.4, -0.2) is 47.7 Å². The molecule has 0 saturated carbocycles. The smallest absolute Gasteiger partial charge is 0.427 e. The van der Waals surface area contributed by atoms with Gasteiger partial charge in [-0.1, -0.05) is 36.5 Å². The Labute approximate surface area is 160 Å². The van der Waals surface area contributed by atoms with Crippen LogP contribution in [-0.2, 0) is 13.0 Å². The highest BCUT2D eigenvalue weighted by Gasteiger charge is 2.31. The predicted octanol–water partition coefficient (Wildman–Crippen LogP) is 2.83. The highest BCUT2D eigenvalue weighted by Crippen LogP contribution is 2.31. The Morgan fingerprint density at radius 3 is 2.84 bits per heavy atom. The zero-order chi connectivity index (χ0) is 18.0. The van der Waals surface area contributed by atoms with E-state index < -0.39 is 7.12 Å². The number of benzene rings is 1. The minimum absolute atomic E-state index is 0.413. The maximum absolute atomic E-state index is 9.00. The van der Waals surface area contributed by atoms with E-state index in [0.717, 1.165) is 50.5 Å². The Balaban J connectivity index is 1.52. The van der Waals surface area contributed by atoms with Crippen LogP contribution >= 0.6 is 23.2 Å². The number of hydrogen-bond acceptors (Lipinski definition) is 4. The number of nitrogens with one attached hydrogen (secondary N) is 1. The average molecular weight is 385 g/mol. The molecule has 1 fully saturated rings. The highest BCUT2D eigenvalue weighted by molar-refractivity contribution is 6.40. The molecule has 0 amide bonds. The third-order valence-corrected chi connectivity index (χ3v) is 6.20. The van der Waals surface area contributed by atoms with Crippen LogP contribution in [0, 0.1) is 11.8 Å². The van der Waals surface area contributed by atoms with Gasteiger partial charge in [0.25, 0.3) is 0 Å². The lowest BCUT2D eigenvalue weighted by Crippen LogP contribution is -2.44. The lowest BCUT2D eigenvalue weighted by atomic mass is 9.81. The van der Waals surface area contributed by atoms with Crippen molar-refractivity contribution in [1.82, 2.24) is 10.2 Å². The van der Waals surface area contributed by atoms with E-state index in [0.29, 0.717) is 29.2 Å². The van der Waals surface area contributed by atoms with E-state index in [1.807, 2.05) is 12.1 Å². The van der Waals surface area contributed by atoms with Crippen LogP contribution in [0.4, 0.5) is 0 Å². The second-order valence-corrected chi connectivity index (χ2v) is 8.52. The number of nitrogens with zero attached hydrogens (tertiary/aromatic N) is 1. The van der Waals surface area contributed by atoms with Gasteiger partial charge in [0.15, 0.2) is 0 Å². The lowest BCUT2D eigenvalue weighted by molar-refractivity contribution is 0.269. The molecule has 138 valence electrons. The molecule has 0 bridgehead atoms. The molecule has 0 aliphatic carbocycles. The molecule has 0 radical (unpaired) electrons. The first-order valence-electron chi connectivity index (χ1n) is 9.21. The van der Waals surface area contributed by atoms with E-state index in [9.17, 15) is 0 Å². The number of likely N-dealkylation sites (tertiary alicyclic amines) is 1. The zero-order valence-corrected chi connectivity index (χ0v) is 16.2. The lowest BCUT2D eigenvalue weighted by Gasteiger charge is -2.30. The van der Waals surface area contributed by atoms with Crippen molar-refractivity contribution >= 4 is 30.3 Å². The highest BCUT2D eigenvalue weighted by atomic mass is 35.5. The van der Waals surface area contributed by atoms with Crippen LogP contribution < -0.4 is 5.32 Å². The predicted molar refractivity (Wildman–Crippen MR) is 104 cm³/mol. The summed E-state index contributed by atoms with van der Waals surface area (Å²) < 4.78 is 0. The molecule has 1 aromatic carbocycles. The minimum atomic E-state index is -1.17. The van der Waals surface area contributed by atoms with Gasteiger partial charge in [-0.15, -0.1) is 0 Å². The Morgan fingerprint density at radius 2 is 2.08 bits per heavy atom. The van der Waals surface area contributed by atoms with E-state index in [-0.39, 0.29) is 0 Å². The Bertz CT molecular complexity index is 603. The van der Waals surface area contributed by atoms with Gasteiger partial charge >= 0.3 is 7.12 Å². The molecule has 1 unspecified atom stereocenters. The summed E-state index contributed by atoms with van der Waals surface area (Å²) >= 11 is 12.5. The number of hydrogen-bond donors (Lipinski definition) is 3. The summed E-state index contributed by atoms with van der Waals surface area (Å²) in [5.74, 6) is 1.31. The van der Waals surface area contributed by atoms with Crippen molar-refractivity contribution in [1.29, 1.82) is 0 Å². The van der Waals surface area contributed by atoms with E-state index in [2.05, 4.69) is 17.1 Å². The second-order valence-electron chi connectivity index (χ2n) is 7.67. The standard InChI is InChI=1S/C18H27BCl2N2O2/c1-12-9-23(10-13(12)3-2-4-19(24)25)11-16-7-17-14(8-22-16)5-15(20)6-18(17)21/h5-6,12-13,16,22,24-25H,2-4,7-11H2,1H3/t12-,13+,16?/m1/s1. The van der Waals surface area contributed by atoms with Crippen LogP contribution in [0.15, 0.2) is 12.1 Å². The number of halogens is 2. The molecule has 7 heteroatoms. The van der Waals surface area contributed by atoms with E-state index in [4.69, 9.17) is 33.2 Å². The van der Waals surface area contributed by atoms with Crippen LogP contribution in [0.5, 0.6) is 0 Å². The summed E-state index contributed by atoms with van der Waals surface area (Å²) in [6.07, 6.45) is 3.37. The van der Waals surface area contributed by atoms with Gasteiger partial charge in [0.05, 0.1) is 0 Å². The van der Waals surface area contributed by atoms with Gasteiger partial charge in [-0.2, -0.15) is 0 Å². The summed E-state index contributed by atoms with van der Waals surface area (Å²) in [5.41, 5.74) is 2.44. The Morgan fingerprint density at radius 1 is 1.28 bits per heavy atom. The van der Waals surface area contributed by atoms with Gasteiger partial charge in [-0.05, 0) is 54.3 Å². The molecule has 1 saturated heterocycles. The molecular weight excluding hydrogens is 358 g/mol. The topological polar surface area (TPSA) is 55.7 Å². The molecule has 25 heavy (non-hydrogen) atoms. The maximum Gasteiger partial charge on any atom is 0.451 e. The first-order valence-corrected chi connectivity index (χ1v) is 9.96. The fourth-order valence-electron chi connectivity index (χ4n) is 4.29. The van der Waals surface area contributed by atoms with Gasteiger partial charge in [0.2, 0.25) is 0 Å². The third-order valence-electron chi connectivity index (χ3n) is 5.64. The van der Waals surface area contributed by atoms with Crippen LogP contribution in [0.3, 0.4) is 0 Å².